The predicted octanol–water partition coefficient (Wildman–Crippen LogP) is 2.19. The van der Waals surface area contributed by atoms with Gasteiger partial charge < -0.3 is 15.7 Å². The monoisotopic (exact) mass is 278 g/mol. The molecule has 0 spiro atoms. The normalized spacial score (nSPS) is 36.9. The van der Waals surface area contributed by atoms with Crippen LogP contribution in [0.1, 0.15) is 44.9 Å². The third kappa shape index (κ3) is 3.54. The van der Waals surface area contributed by atoms with E-state index in [0.717, 1.165) is 31.1 Å². The molecule has 0 aromatic heterocycles. The highest BCUT2D eigenvalue weighted by molar-refractivity contribution is 5.74. The summed E-state index contributed by atoms with van der Waals surface area (Å²) >= 11 is 0. The molecular formula is C16H26N2O2. The summed E-state index contributed by atoms with van der Waals surface area (Å²) in [5.74, 6) is 2.00. The van der Waals surface area contributed by atoms with E-state index in [0.29, 0.717) is 6.04 Å². The van der Waals surface area contributed by atoms with Crippen LogP contribution in [0.25, 0.3) is 0 Å². The number of aliphatic hydroxyl groups is 1. The maximum Gasteiger partial charge on any atom is 0.315 e. The van der Waals surface area contributed by atoms with Crippen LogP contribution in [0.4, 0.5) is 4.79 Å². The van der Waals surface area contributed by atoms with Crippen molar-refractivity contribution in [1.29, 1.82) is 0 Å². The molecule has 4 heteroatoms. The minimum atomic E-state index is -0.0420. The maximum atomic E-state index is 12.0. The number of rotatable bonds is 4. The summed E-state index contributed by atoms with van der Waals surface area (Å²) in [5, 5.41) is 15.2. The van der Waals surface area contributed by atoms with Gasteiger partial charge >= 0.3 is 6.03 Å². The van der Waals surface area contributed by atoms with Crippen molar-refractivity contribution in [3.8, 4) is 0 Å². The topological polar surface area (TPSA) is 61.4 Å². The van der Waals surface area contributed by atoms with Gasteiger partial charge in [-0.05, 0) is 43.9 Å². The number of carbonyl (C=O) groups excluding carboxylic acids is 1. The fourth-order valence-corrected chi connectivity index (χ4v) is 3.77. The molecule has 0 aliphatic heterocycles. The van der Waals surface area contributed by atoms with Gasteiger partial charge in [0.05, 0.1) is 0 Å². The van der Waals surface area contributed by atoms with E-state index in [9.17, 15) is 4.79 Å². The Morgan fingerprint density at radius 2 is 1.90 bits per heavy atom. The number of nitrogens with one attached hydrogen (secondary N) is 2. The summed E-state index contributed by atoms with van der Waals surface area (Å²) in [7, 11) is 0. The van der Waals surface area contributed by atoms with E-state index < -0.39 is 0 Å². The third-order valence-electron chi connectivity index (χ3n) is 5.06. The second-order valence-electron chi connectivity index (χ2n) is 6.75. The van der Waals surface area contributed by atoms with Crippen LogP contribution in [0, 0.1) is 17.8 Å². The van der Waals surface area contributed by atoms with Crippen molar-refractivity contribution < 1.29 is 9.90 Å². The van der Waals surface area contributed by atoms with Crippen molar-refractivity contribution in [3.63, 3.8) is 0 Å². The Morgan fingerprint density at radius 1 is 1.05 bits per heavy atom. The zero-order valence-electron chi connectivity index (χ0n) is 12.1. The zero-order valence-corrected chi connectivity index (χ0v) is 12.1. The molecular weight excluding hydrogens is 252 g/mol. The molecule has 2 amide bonds. The molecule has 0 aromatic carbocycles. The largest absolute Gasteiger partial charge is 0.396 e. The lowest BCUT2D eigenvalue weighted by atomic mass is 9.83. The first-order valence-electron chi connectivity index (χ1n) is 8.11. The molecule has 4 atom stereocenters. The Bertz CT molecular complexity index is 379. The quantitative estimate of drug-likeness (QED) is 0.690. The molecule has 112 valence electrons. The van der Waals surface area contributed by atoms with Gasteiger partial charge in [-0.1, -0.05) is 25.0 Å². The van der Waals surface area contributed by atoms with Crippen LogP contribution in [-0.4, -0.2) is 29.8 Å². The zero-order chi connectivity index (χ0) is 13.9. The van der Waals surface area contributed by atoms with Gasteiger partial charge in [0.2, 0.25) is 0 Å². The summed E-state index contributed by atoms with van der Waals surface area (Å²) < 4.78 is 0. The van der Waals surface area contributed by atoms with E-state index in [1.807, 2.05) is 12.2 Å². The van der Waals surface area contributed by atoms with Crippen LogP contribution in [0.3, 0.4) is 0 Å². The van der Waals surface area contributed by atoms with Crippen LogP contribution < -0.4 is 10.6 Å². The van der Waals surface area contributed by atoms with Gasteiger partial charge in [-0.2, -0.15) is 0 Å². The van der Waals surface area contributed by atoms with Crippen molar-refractivity contribution in [2.45, 2.75) is 57.0 Å². The first kappa shape index (κ1) is 13.9. The molecule has 0 saturated heterocycles. The molecule has 0 bridgehead atoms. The van der Waals surface area contributed by atoms with E-state index in [1.54, 1.807) is 0 Å². The molecule has 0 heterocycles. The second-order valence-corrected chi connectivity index (χ2v) is 6.75. The lowest BCUT2D eigenvalue weighted by molar-refractivity contribution is 0.216. The summed E-state index contributed by atoms with van der Waals surface area (Å²) in [6.45, 7) is 0.169. The van der Waals surface area contributed by atoms with Gasteiger partial charge in [0.15, 0.2) is 0 Å². The van der Waals surface area contributed by atoms with E-state index in [2.05, 4.69) is 10.6 Å². The lowest BCUT2D eigenvalue weighted by Crippen LogP contribution is -2.47. The van der Waals surface area contributed by atoms with Gasteiger partial charge in [0.25, 0.3) is 0 Å². The number of carbonyl (C=O) groups is 1. The molecule has 3 N–H and O–H groups in total. The molecule has 4 nitrogen and oxygen atoms in total. The third-order valence-corrected chi connectivity index (χ3v) is 5.06. The van der Waals surface area contributed by atoms with Crippen molar-refractivity contribution in [2.75, 3.05) is 6.61 Å². The summed E-state index contributed by atoms with van der Waals surface area (Å²) in [5.41, 5.74) is 0. The fourth-order valence-electron chi connectivity index (χ4n) is 3.77. The standard InChI is InChI=1S/C16H26N2O2/c19-10-11-4-7-15(8-11)18-16(20)17-14-3-1-2-13(9-14)12-5-6-12/h4,7,11-15,19H,1-3,5-6,8-10H2,(H2,17,18,20)/t11-,13?,14?,15+/m0/s1. The highest BCUT2D eigenvalue weighted by Gasteiger charge is 2.35. The first-order chi connectivity index (χ1) is 9.74. The van der Waals surface area contributed by atoms with Gasteiger partial charge in [0.1, 0.15) is 0 Å². The molecule has 3 aliphatic carbocycles. The number of hydrogen-bond donors (Lipinski definition) is 3. The van der Waals surface area contributed by atoms with E-state index >= 15 is 0 Å². The van der Waals surface area contributed by atoms with Crippen molar-refractivity contribution >= 4 is 6.03 Å². The van der Waals surface area contributed by atoms with Gasteiger partial charge in [0, 0.05) is 24.6 Å². The number of hydrogen-bond acceptors (Lipinski definition) is 2. The van der Waals surface area contributed by atoms with E-state index in [1.165, 1.54) is 25.7 Å². The van der Waals surface area contributed by atoms with Crippen LogP contribution >= 0.6 is 0 Å². The van der Waals surface area contributed by atoms with Crippen LogP contribution in [-0.2, 0) is 0 Å². The van der Waals surface area contributed by atoms with Gasteiger partial charge in [-0.3, -0.25) is 0 Å². The second kappa shape index (κ2) is 6.17. The average Bonchev–Trinajstić information content (AvgIpc) is 3.20. The fraction of sp³-hybridized carbons (Fsp3) is 0.812. The highest BCUT2D eigenvalue weighted by atomic mass is 16.3. The minimum absolute atomic E-state index is 0.0420. The number of urea groups is 1. The molecule has 0 radical (unpaired) electrons. The summed E-state index contributed by atoms with van der Waals surface area (Å²) in [6, 6.07) is 0.392. The summed E-state index contributed by atoms with van der Waals surface area (Å²) in [6.07, 6.45) is 12.5. The van der Waals surface area contributed by atoms with Crippen LogP contribution in [0.15, 0.2) is 12.2 Å². The van der Waals surface area contributed by atoms with Crippen molar-refractivity contribution in [3.05, 3.63) is 12.2 Å². The van der Waals surface area contributed by atoms with E-state index in [-0.39, 0.29) is 24.6 Å². The van der Waals surface area contributed by atoms with Crippen molar-refractivity contribution in [1.82, 2.24) is 10.6 Å². The molecule has 2 unspecified atom stereocenters. The maximum absolute atomic E-state index is 12.0. The predicted molar refractivity (Wildman–Crippen MR) is 78.3 cm³/mol. The molecule has 3 aliphatic rings. The minimum Gasteiger partial charge on any atom is -0.396 e. The van der Waals surface area contributed by atoms with Crippen LogP contribution in [0.5, 0.6) is 0 Å². The molecule has 0 aromatic rings. The van der Waals surface area contributed by atoms with Crippen LogP contribution in [0.2, 0.25) is 0 Å². The summed E-state index contributed by atoms with van der Waals surface area (Å²) in [4.78, 5) is 12.0. The molecule has 2 fully saturated rings. The molecule has 3 rings (SSSR count). The Hall–Kier alpha value is -1.03. The van der Waals surface area contributed by atoms with Gasteiger partial charge in [-0.25, -0.2) is 4.79 Å². The molecule has 20 heavy (non-hydrogen) atoms. The first-order valence-corrected chi connectivity index (χ1v) is 8.11. The highest BCUT2D eigenvalue weighted by Crippen LogP contribution is 2.43. The lowest BCUT2D eigenvalue weighted by Gasteiger charge is -2.30. The Balaban J connectivity index is 1.41. The number of aliphatic hydroxyl groups excluding tert-OH is 1. The Labute approximate surface area is 121 Å². The SMILES string of the molecule is O=C(NC1CCCC(C2CC2)C1)N[C@@H]1C=C[C@H](CO)C1. The van der Waals surface area contributed by atoms with E-state index in [4.69, 9.17) is 5.11 Å². The van der Waals surface area contributed by atoms with Gasteiger partial charge in [-0.15, -0.1) is 0 Å². The molecule has 2 saturated carbocycles. The average molecular weight is 278 g/mol. The Morgan fingerprint density at radius 3 is 2.60 bits per heavy atom. The number of amides is 2. The van der Waals surface area contributed by atoms with Crippen molar-refractivity contribution in [2.24, 2.45) is 17.8 Å². The Kier molecular flexibility index (Phi) is 4.29. The smallest absolute Gasteiger partial charge is 0.315 e.